The minimum absolute atomic E-state index is 0.0255. The topological polar surface area (TPSA) is 84.9 Å². The van der Waals surface area contributed by atoms with Gasteiger partial charge >= 0.3 is 0 Å². The fourth-order valence-corrected chi connectivity index (χ4v) is 4.94. The van der Waals surface area contributed by atoms with Crippen LogP contribution in [0.2, 0.25) is 0 Å². The molecule has 1 aliphatic rings. The zero-order valence-electron chi connectivity index (χ0n) is 18.7. The Hall–Kier alpha value is -3.27. The normalized spacial score (nSPS) is 14.5. The van der Waals surface area contributed by atoms with Crippen LogP contribution in [0.3, 0.4) is 0 Å². The van der Waals surface area contributed by atoms with Gasteiger partial charge in [-0.05, 0) is 66.6 Å². The molecule has 7 nitrogen and oxygen atoms in total. The van der Waals surface area contributed by atoms with Gasteiger partial charge < -0.3 is 14.8 Å². The Morgan fingerprint density at radius 2 is 1.71 bits per heavy atom. The van der Waals surface area contributed by atoms with E-state index < -0.39 is 21.7 Å². The van der Waals surface area contributed by atoms with Crippen LogP contribution in [0.4, 0.5) is 10.1 Å². The molecule has 1 saturated heterocycles. The molecule has 1 aliphatic heterocycles. The van der Waals surface area contributed by atoms with Gasteiger partial charge in [-0.25, -0.2) is 12.8 Å². The van der Waals surface area contributed by atoms with E-state index in [-0.39, 0.29) is 29.4 Å². The van der Waals surface area contributed by atoms with Gasteiger partial charge in [0, 0.05) is 18.7 Å². The summed E-state index contributed by atoms with van der Waals surface area (Å²) >= 11 is 0. The molecule has 0 spiro atoms. The van der Waals surface area contributed by atoms with Crippen LogP contribution in [0.1, 0.15) is 22.8 Å². The summed E-state index contributed by atoms with van der Waals surface area (Å²) in [4.78, 5) is 13.0. The first-order valence-electron chi connectivity index (χ1n) is 10.9. The number of nitrogens with zero attached hydrogens (tertiary/aromatic N) is 1. The number of hydrogen-bond donors (Lipinski definition) is 1. The third-order valence-electron chi connectivity index (χ3n) is 5.47. The van der Waals surface area contributed by atoms with Gasteiger partial charge in [0.25, 0.3) is 5.91 Å². The predicted octanol–water partition coefficient (Wildman–Crippen LogP) is 4.45. The summed E-state index contributed by atoms with van der Waals surface area (Å²) in [7, 11) is -3.79. The van der Waals surface area contributed by atoms with Gasteiger partial charge in [-0.15, -0.1) is 0 Å². The molecule has 0 atom stereocenters. The second-order valence-corrected chi connectivity index (χ2v) is 9.67. The van der Waals surface area contributed by atoms with E-state index in [9.17, 15) is 17.6 Å². The lowest BCUT2D eigenvalue weighted by atomic mass is 10.1. The van der Waals surface area contributed by atoms with Crippen LogP contribution in [-0.4, -0.2) is 44.9 Å². The van der Waals surface area contributed by atoms with Crippen LogP contribution in [-0.2, 0) is 21.2 Å². The molecule has 34 heavy (non-hydrogen) atoms. The van der Waals surface area contributed by atoms with Crippen LogP contribution >= 0.6 is 0 Å². The third-order valence-corrected chi connectivity index (χ3v) is 7.37. The molecule has 3 aromatic rings. The van der Waals surface area contributed by atoms with Crippen molar-refractivity contribution < 1.29 is 27.1 Å². The van der Waals surface area contributed by atoms with Gasteiger partial charge in [-0.1, -0.05) is 19.1 Å². The van der Waals surface area contributed by atoms with Crippen molar-refractivity contribution >= 4 is 21.6 Å². The highest BCUT2D eigenvalue weighted by Crippen LogP contribution is 2.33. The second-order valence-electron chi connectivity index (χ2n) is 7.74. The summed E-state index contributed by atoms with van der Waals surface area (Å²) in [6.07, 6.45) is 0.846. The van der Waals surface area contributed by atoms with Gasteiger partial charge in [0.15, 0.2) is 5.75 Å². The van der Waals surface area contributed by atoms with Gasteiger partial charge in [0.1, 0.15) is 11.6 Å². The van der Waals surface area contributed by atoms with E-state index in [4.69, 9.17) is 9.47 Å². The van der Waals surface area contributed by atoms with Crippen molar-refractivity contribution in [2.75, 3.05) is 31.6 Å². The lowest BCUT2D eigenvalue weighted by molar-refractivity contribution is 0.0730. The highest BCUT2D eigenvalue weighted by molar-refractivity contribution is 7.89. The Morgan fingerprint density at radius 1 is 1.03 bits per heavy atom. The van der Waals surface area contributed by atoms with Crippen molar-refractivity contribution in [2.24, 2.45) is 0 Å². The number of aryl methyl sites for hydroxylation is 1. The molecular formula is C25H25FN2O5S. The number of morpholine rings is 1. The van der Waals surface area contributed by atoms with Crippen LogP contribution in [0.5, 0.6) is 11.5 Å². The quantitative estimate of drug-likeness (QED) is 0.536. The third kappa shape index (κ3) is 5.44. The summed E-state index contributed by atoms with van der Waals surface area (Å²) < 4.78 is 52.0. The number of amides is 1. The highest BCUT2D eigenvalue weighted by atomic mass is 32.2. The molecule has 1 fully saturated rings. The van der Waals surface area contributed by atoms with E-state index in [0.29, 0.717) is 24.5 Å². The van der Waals surface area contributed by atoms with Crippen molar-refractivity contribution in [1.82, 2.24) is 4.31 Å². The van der Waals surface area contributed by atoms with E-state index in [1.165, 1.54) is 46.8 Å². The Morgan fingerprint density at radius 3 is 2.35 bits per heavy atom. The maximum Gasteiger partial charge on any atom is 0.255 e. The summed E-state index contributed by atoms with van der Waals surface area (Å²) in [5.41, 5.74) is 1.70. The second kappa shape index (κ2) is 10.3. The molecule has 0 saturated carbocycles. The summed E-state index contributed by atoms with van der Waals surface area (Å²) in [5, 5.41) is 2.77. The van der Waals surface area contributed by atoms with Crippen molar-refractivity contribution in [3.63, 3.8) is 0 Å². The number of anilines is 1. The predicted molar refractivity (Wildman–Crippen MR) is 126 cm³/mol. The molecule has 3 aromatic carbocycles. The molecule has 0 aromatic heterocycles. The number of carbonyl (C=O) groups excluding carboxylic acids is 1. The molecule has 178 valence electrons. The molecule has 1 N–H and O–H groups in total. The number of rotatable bonds is 7. The summed E-state index contributed by atoms with van der Waals surface area (Å²) in [5.74, 6) is -0.255. The zero-order valence-corrected chi connectivity index (χ0v) is 19.5. The number of benzene rings is 3. The highest BCUT2D eigenvalue weighted by Gasteiger charge is 2.27. The first-order chi connectivity index (χ1) is 16.4. The van der Waals surface area contributed by atoms with E-state index >= 15 is 0 Å². The monoisotopic (exact) mass is 484 g/mol. The van der Waals surface area contributed by atoms with Crippen LogP contribution in [0.15, 0.2) is 71.6 Å². The lowest BCUT2D eigenvalue weighted by Crippen LogP contribution is -2.40. The number of sulfonamides is 1. The molecular weight excluding hydrogens is 459 g/mol. The van der Waals surface area contributed by atoms with Gasteiger partial charge in [-0.2, -0.15) is 4.31 Å². The molecule has 1 heterocycles. The van der Waals surface area contributed by atoms with E-state index in [2.05, 4.69) is 5.32 Å². The van der Waals surface area contributed by atoms with Gasteiger partial charge in [-0.3, -0.25) is 4.79 Å². The van der Waals surface area contributed by atoms with Crippen molar-refractivity contribution in [2.45, 2.75) is 18.2 Å². The van der Waals surface area contributed by atoms with E-state index in [1.807, 2.05) is 19.1 Å². The Labute approximate surface area is 198 Å². The molecule has 0 unspecified atom stereocenters. The van der Waals surface area contributed by atoms with Crippen LogP contribution < -0.4 is 10.1 Å². The molecule has 4 rings (SSSR count). The van der Waals surface area contributed by atoms with Crippen molar-refractivity contribution in [3.05, 3.63) is 83.7 Å². The number of hydrogen-bond acceptors (Lipinski definition) is 5. The number of halogens is 1. The maximum atomic E-state index is 13.3. The van der Waals surface area contributed by atoms with Gasteiger partial charge in [0.05, 0.1) is 23.8 Å². The standard InChI is InChI=1S/C25H25FN2O5S/c1-2-18-3-5-19(6-4-18)25(29)27-23-17-22(34(30,31)28-13-15-32-16-14-28)11-12-24(23)33-21-9-7-20(26)8-10-21/h3-12,17H,2,13-16H2,1H3,(H,27,29). The minimum Gasteiger partial charge on any atom is -0.455 e. The minimum atomic E-state index is -3.79. The molecule has 0 radical (unpaired) electrons. The van der Waals surface area contributed by atoms with Crippen LogP contribution in [0, 0.1) is 5.82 Å². The van der Waals surface area contributed by atoms with E-state index in [1.54, 1.807) is 12.1 Å². The van der Waals surface area contributed by atoms with Gasteiger partial charge in [0.2, 0.25) is 10.0 Å². The Bertz CT molecular complexity index is 1260. The number of carbonyl (C=O) groups is 1. The Balaban J connectivity index is 1.67. The largest absolute Gasteiger partial charge is 0.455 e. The Kier molecular flexibility index (Phi) is 7.26. The summed E-state index contributed by atoms with van der Waals surface area (Å²) in [6.45, 7) is 3.17. The molecule has 1 amide bonds. The van der Waals surface area contributed by atoms with Crippen molar-refractivity contribution in [1.29, 1.82) is 0 Å². The first-order valence-corrected chi connectivity index (χ1v) is 12.4. The lowest BCUT2D eigenvalue weighted by Gasteiger charge is -2.26. The van der Waals surface area contributed by atoms with E-state index in [0.717, 1.165) is 12.0 Å². The average Bonchev–Trinajstić information content (AvgIpc) is 2.87. The van der Waals surface area contributed by atoms with Crippen molar-refractivity contribution in [3.8, 4) is 11.5 Å². The first kappa shape index (κ1) is 23.9. The zero-order chi connectivity index (χ0) is 24.1. The number of ether oxygens (including phenoxy) is 2. The summed E-state index contributed by atoms with van der Waals surface area (Å²) in [6, 6.07) is 16.8. The smallest absolute Gasteiger partial charge is 0.255 e. The average molecular weight is 485 g/mol. The fraction of sp³-hybridized carbons (Fsp3) is 0.240. The molecule has 0 bridgehead atoms. The molecule has 9 heteroatoms. The maximum absolute atomic E-state index is 13.3. The van der Waals surface area contributed by atoms with Crippen LogP contribution in [0.25, 0.3) is 0 Å². The SMILES string of the molecule is CCc1ccc(C(=O)Nc2cc(S(=O)(=O)N3CCOCC3)ccc2Oc2ccc(F)cc2)cc1. The fourth-order valence-electron chi connectivity index (χ4n) is 3.51. The molecule has 0 aliphatic carbocycles. The number of nitrogens with one attached hydrogen (secondary N) is 1.